The van der Waals surface area contributed by atoms with Crippen LogP contribution < -0.4 is 4.90 Å². The van der Waals surface area contributed by atoms with Crippen molar-refractivity contribution in [1.29, 1.82) is 0 Å². The lowest BCUT2D eigenvalue weighted by Gasteiger charge is -2.28. The molecule has 4 heterocycles. The van der Waals surface area contributed by atoms with E-state index < -0.39 is 0 Å². The summed E-state index contributed by atoms with van der Waals surface area (Å²) >= 11 is 0. The highest BCUT2D eigenvalue weighted by molar-refractivity contribution is 6.14. The van der Waals surface area contributed by atoms with Gasteiger partial charge in [0.05, 0.1) is 27.8 Å². The van der Waals surface area contributed by atoms with Gasteiger partial charge in [-0.05, 0) is 42.8 Å². The van der Waals surface area contributed by atoms with E-state index in [4.69, 9.17) is 34.9 Å². The average Bonchev–Trinajstić information content (AvgIpc) is 3.63. The molecule has 57 heavy (non-hydrogen) atoms. The first-order chi connectivity index (χ1) is 28.2. The highest BCUT2D eigenvalue weighted by Gasteiger charge is 2.24. The second-order valence-corrected chi connectivity index (χ2v) is 13.6. The molecule has 0 saturated carbocycles. The predicted octanol–water partition coefficient (Wildman–Crippen LogP) is 11.0. The minimum Gasteiger partial charge on any atom is -0.308 e. The van der Waals surface area contributed by atoms with Crippen molar-refractivity contribution < 1.29 is 0 Å². The summed E-state index contributed by atoms with van der Waals surface area (Å²) in [6, 6.07) is 53.5. The molecule has 9 heteroatoms. The molecule has 0 saturated heterocycles. The largest absolute Gasteiger partial charge is 0.308 e. The lowest BCUT2D eigenvalue weighted by Crippen LogP contribution is -2.13. The Hall–Kier alpha value is -7.91. The topological polar surface area (TPSA) is 98.4 Å². The summed E-state index contributed by atoms with van der Waals surface area (Å²) in [5.74, 6) is 2.50. The Morgan fingerprint density at radius 3 is 1.49 bits per heavy atom. The van der Waals surface area contributed by atoms with Crippen LogP contribution in [-0.4, -0.2) is 39.5 Å². The lowest BCUT2D eigenvalue weighted by atomic mass is 10.1. The summed E-state index contributed by atoms with van der Waals surface area (Å²) in [6.07, 6.45) is 7.05. The first-order valence-electron chi connectivity index (χ1n) is 18.6. The van der Waals surface area contributed by atoms with E-state index in [9.17, 15) is 0 Å². The third kappa shape index (κ3) is 6.23. The molecule has 0 spiro atoms. The molecule has 0 atom stereocenters. The molecular weight excluding hydrogens is 703 g/mol. The molecule has 0 unspecified atom stereocenters. The fourth-order valence-corrected chi connectivity index (χ4v) is 7.27. The molecule has 0 aliphatic rings. The zero-order valence-electron chi connectivity index (χ0n) is 30.8. The van der Waals surface area contributed by atoms with Crippen molar-refractivity contribution in [1.82, 2.24) is 39.5 Å². The van der Waals surface area contributed by atoms with Gasteiger partial charge in [-0.15, -0.1) is 0 Å². The SMILES string of the molecule is Cc1ccccc1N(c1ccccc1)c1cccc2c3ccccc3n(-c3nc(-c4cnc(-c5ccccc5)nc4)nc(-c4cnc(-c5ccccc5)nc4)n3)c12. The fraction of sp³-hybridized carbons (Fsp3) is 0.0208. The van der Waals surface area contributed by atoms with Gasteiger partial charge in [-0.1, -0.05) is 127 Å². The molecule has 10 aromatic rings. The Morgan fingerprint density at radius 2 is 0.895 bits per heavy atom. The number of aromatic nitrogens is 8. The van der Waals surface area contributed by atoms with E-state index in [-0.39, 0.29) is 0 Å². The third-order valence-corrected chi connectivity index (χ3v) is 9.99. The van der Waals surface area contributed by atoms with Crippen LogP contribution in [0, 0.1) is 6.92 Å². The summed E-state index contributed by atoms with van der Waals surface area (Å²) < 4.78 is 2.14. The standard InChI is InChI=1S/C48H33N9/c1-32-16-11-13-25-40(32)56(37-21-9-4-10-22-37)42-27-15-24-39-38-23-12-14-26-41(38)57(43(39)42)48-54-46(35-28-49-44(50-29-35)33-17-5-2-6-18-33)53-47(55-48)36-30-51-45(52-31-36)34-19-7-3-8-20-34/h2-31H,1H3. The van der Waals surface area contributed by atoms with E-state index in [0.29, 0.717) is 40.4 Å². The molecule has 10 rings (SSSR count). The number of nitrogens with zero attached hydrogens (tertiary/aromatic N) is 9. The van der Waals surface area contributed by atoms with Gasteiger partial charge < -0.3 is 4.90 Å². The summed E-state index contributed by atoms with van der Waals surface area (Å²) in [5, 5.41) is 2.13. The lowest BCUT2D eigenvalue weighted by molar-refractivity contribution is 0.947. The van der Waals surface area contributed by atoms with Gasteiger partial charge in [-0.3, -0.25) is 4.57 Å². The van der Waals surface area contributed by atoms with Crippen molar-refractivity contribution >= 4 is 38.9 Å². The normalized spacial score (nSPS) is 11.2. The smallest absolute Gasteiger partial charge is 0.238 e. The minimum atomic E-state index is 0.420. The molecular formula is C48H33N9. The van der Waals surface area contributed by atoms with Gasteiger partial charge in [0.2, 0.25) is 5.95 Å². The zero-order valence-corrected chi connectivity index (χ0v) is 30.8. The molecule has 0 bridgehead atoms. The molecule has 6 aromatic carbocycles. The van der Waals surface area contributed by atoms with Crippen molar-refractivity contribution in [3.05, 3.63) is 188 Å². The maximum atomic E-state index is 5.20. The first kappa shape index (κ1) is 33.6. The van der Waals surface area contributed by atoms with Crippen LogP contribution in [-0.2, 0) is 0 Å². The van der Waals surface area contributed by atoms with Gasteiger partial charge in [0.15, 0.2) is 23.3 Å². The first-order valence-corrected chi connectivity index (χ1v) is 18.6. The van der Waals surface area contributed by atoms with Crippen LogP contribution in [0.25, 0.3) is 73.3 Å². The summed E-state index contributed by atoms with van der Waals surface area (Å²) in [7, 11) is 0. The molecule has 0 amide bonds. The Labute approximate surface area is 328 Å². The summed E-state index contributed by atoms with van der Waals surface area (Å²) in [6.45, 7) is 2.14. The number of benzene rings is 6. The number of para-hydroxylation sites is 4. The van der Waals surface area contributed by atoms with Crippen molar-refractivity contribution in [3.63, 3.8) is 0 Å². The van der Waals surface area contributed by atoms with E-state index in [1.165, 1.54) is 0 Å². The Kier molecular flexibility index (Phi) is 8.49. The monoisotopic (exact) mass is 735 g/mol. The van der Waals surface area contributed by atoms with Crippen LogP contribution in [0.3, 0.4) is 0 Å². The fourth-order valence-electron chi connectivity index (χ4n) is 7.27. The van der Waals surface area contributed by atoms with Gasteiger partial charge >= 0.3 is 0 Å². The molecule has 0 aliphatic heterocycles. The van der Waals surface area contributed by atoms with E-state index in [1.54, 1.807) is 24.8 Å². The number of fused-ring (bicyclic) bond motifs is 3. The van der Waals surface area contributed by atoms with Crippen LogP contribution in [0.5, 0.6) is 0 Å². The van der Waals surface area contributed by atoms with Crippen molar-refractivity contribution in [3.8, 4) is 51.5 Å². The van der Waals surface area contributed by atoms with Crippen molar-refractivity contribution in [2.24, 2.45) is 0 Å². The Morgan fingerprint density at radius 1 is 0.404 bits per heavy atom. The van der Waals surface area contributed by atoms with Gasteiger partial charge in [0, 0.05) is 58.1 Å². The number of hydrogen-bond donors (Lipinski definition) is 0. The number of aryl methyl sites for hydroxylation is 1. The van der Waals surface area contributed by atoms with E-state index in [2.05, 4.69) is 101 Å². The predicted molar refractivity (Wildman–Crippen MR) is 227 cm³/mol. The second kappa shape index (κ2) is 14.4. The van der Waals surface area contributed by atoms with E-state index >= 15 is 0 Å². The molecule has 0 radical (unpaired) electrons. The molecule has 4 aromatic heterocycles. The Balaban J connectivity index is 1.22. The maximum Gasteiger partial charge on any atom is 0.238 e. The second-order valence-electron chi connectivity index (χ2n) is 13.6. The third-order valence-electron chi connectivity index (χ3n) is 9.99. The summed E-state index contributed by atoms with van der Waals surface area (Å²) in [4.78, 5) is 36.6. The molecule has 0 N–H and O–H groups in total. The van der Waals surface area contributed by atoms with Crippen LogP contribution in [0.1, 0.15) is 5.56 Å². The molecule has 0 fully saturated rings. The van der Waals surface area contributed by atoms with Gasteiger partial charge in [0.25, 0.3) is 0 Å². The van der Waals surface area contributed by atoms with E-state index in [0.717, 1.165) is 55.6 Å². The van der Waals surface area contributed by atoms with Crippen LogP contribution in [0.15, 0.2) is 183 Å². The highest BCUT2D eigenvalue weighted by atomic mass is 15.2. The average molecular weight is 736 g/mol. The number of anilines is 3. The van der Waals surface area contributed by atoms with Gasteiger partial charge in [-0.2, -0.15) is 9.97 Å². The van der Waals surface area contributed by atoms with Gasteiger partial charge in [0.1, 0.15) is 0 Å². The Bertz CT molecular complexity index is 2900. The number of rotatable bonds is 8. The van der Waals surface area contributed by atoms with E-state index in [1.807, 2.05) is 72.8 Å². The molecule has 9 nitrogen and oxygen atoms in total. The minimum absolute atomic E-state index is 0.420. The molecule has 270 valence electrons. The maximum absolute atomic E-state index is 5.20. The van der Waals surface area contributed by atoms with Gasteiger partial charge in [-0.25, -0.2) is 24.9 Å². The molecule has 0 aliphatic carbocycles. The summed E-state index contributed by atoms with van der Waals surface area (Å²) in [5.41, 5.74) is 9.24. The van der Waals surface area contributed by atoms with Crippen LogP contribution in [0.2, 0.25) is 0 Å². The quantitative estimate of drug-likeness (QED) is 0.152. The zero-order chi connectivity index (χ0) is 38.1. The van der Waals surface area contributed by atoms with Crippen LogP contribution >= 0.6 is 0 Å². The van der Waals surface area contributed by atoms with Crippen LogP contribution in [0.4, 0.5) is 17.1 Å². The van der Waals surface area contributed by atoms with Crippen molar-refractivity contribution in [2.45, 2.75) is 6.92 Å². The highest BCUT2D eigenvalue weighted by Crippen LogP contribution is 2.44. The van der Waals surface area contributed by atoms with Crippen molar-refractivity contribution in [2.75, 3.05) is 4.90 Å². The number of hydrogen-bond acceptors (Lipinski definition) is 8.